The molecule has 5 heteroatoms. The second kappa shape index (κ2) is 6.37. The Balaban J connectivity index is 1.95. The lowest BCUT2D eigenvalue weighted by Crippen LogP contribution is -2.12. The monoisotopic (exact) mass is 387 g/mol. The molecule has 0 radical (unpaired) electrons. The average Bonchev–Trinajstić information content (AvgIpc) is 2.73. The zero-order valence-corrected chi connectivity index (χ0v) is 14.6. The van der Waals surface area contributed by atoms with Crippen LogP contribution in [0, 0.1) is 5.82 Å². The fourth-order valence-electron chi connectivity index (χ4n) is 2.77. The Morgan fingerprint density at radius 2 is 1.95 bits per heavy atom. The van der Waals surface area contributed by atoms with Gasteiger partial charge in [-0.1, -0.05) is 18.0 Å². The number of benzene rings is 1. The van der Waals surface area contributed by atoms with Gasteiger partial charge in [-0.3, -0.25) is 0 Å². The van der Waals surface area contributed by atoms with Crippen LogP contribution in [0.3, 0.4) is 0 Å². The van der Waals surface area contributed by atoms with Gasteiger partial charge in [0.15, 0.2) is 0 Å². The van der Waals surface area contributed by atoms with Gasteiger partial charge in [-0.2, -0.15) is 0 Å². The molecule has 0 fully saturated rings. The topological polar surface area (TPSA) is 26.0 Å². The fourth-order valence-corrected chi connectivity index (χ4v) is 4.54. The summed E-state index contributed by atoms with van der Waals surface area (Å²) in [7, 11) is 0. The molecule has 1 heterocycles. The average molecular weight is 389 g/mol. The first-order valence-electron chi connectivity index (χ1n) is 7.08. The number of aryl methyl sites for hydroxylation is 2. The van der Waals surface area contributed by atoms with Gasteiger partial charge >= 0.3 is 0 Å². The highest BCUT2D eigenvalue weighted by Gasteiger charge is 2.20. The molecule has 3 rings (SSSR count). The van der Waals surface area contributed by atoms with Crippen molar-refractivity contribution in [3.05, 3.63) is 54.4 Å². The lowest BCUT2D eigenvalue weighted by atomic mass is 10.0. The molecule has 0 saturated carbocycles. The molecule has 21 heavy (non-hydrogen) atoms. The minimum atomic E-state index is -0.451. The Morgan fingerprint density at radius 3 is 2.76 bits per heavy atom. The van der Waals surface area contributed by atoms with Crippen LogP contribution in [0.25, 0.3) is 0 Å². The number of fused-ring (bicyclic) bond motifs is 1. The van der Waals surface area contributed by atoms with Crippen molar-refractivity contribution in [3.8, 4) is 0 Å². The first-order valence-corrected chi connectivity index (χ1v) is 9.06. The van der Waals surface area contributed by atoms with Crippen molar-refractivity contribution in [3.63, 3.8) is 0 Å². The second-order valence-corrected chi connectivity index (χ2v) is 7.85. The predicted molar refractivity (Wildman–Crippen MR) is 90.7 cm³/mol. The Bertz CT molecular complexity index is 647. The summed E-state index contributed by atoms with van der Waals surface area (Å²) in [4.78, 5) is 2.45. The van der Waals surface area contributed by atoms with E-state index in [-0.39, 0.29) is 5.82 Å². The van der Waals surface area contributed by atoms with Crippen LogP contribution in [0.4, 0.5) is 4.39 Å². The summed E-state index contributed by atoms with van der Waals surface area (Å²) in [5.41, 5.74) is 8.14. The van der Waals surface area contributed by atoms with Crippen molar-refractivity contribution >= 4 is 38.9 Å². The molecule has 1 aliphatic rings. The largest absolute Gasteiger partial charge is 0.320 e. The van der Waals surface area contributed by atoms with Crippen molar-refractivity contribution in [1.82, 2.24) is 0 Å². The number of thiophene rings is 1. The second-order valence-electron chi connectivity index (χ2n) is 5.42. The summed E-state index contributed by atoms with van der Waals surface area (Å²) in [6.45, 7) is 0. The molecule has 2 N–H and O–H groups in total. The highest BCUT2D eigenvalue weighted by molar-refractivity contribution is 9.10. The molecule has 112 valence electrons. The minimum Gasteiger partial charge on any atom is -0.320 e. The van der Waals surface area contributed by atoms with Crippen molar-refractivity contribution in [2.45, 2.75) is 38.1 Å². The van der Waals surface area contributed by atoms with E-state index in [1.165, 1.54) is 35.8 Å². The normalized spacial score (nSPS) is 16.4. The molecule has 1 aliphatic carbocycles. The number of rotatable bonds is 2. The van der Waals surface area contributed by atoms with Crippen LogP contribution >= 0.6 is 38.9 Å². The van der Waals surface area contributed by atoms with Crippen LogP contribution in [-0.2, 0) is 12.8 Å². The molecule has 1 aromatic heterocycles. The van der Waals surface area contributed by atoms with Crippen LogP contribution in [0.2, 0.25) is 5.02 Å². The van der Waals surface area contributed by atoms with Crippen LogP contribution in [0.5, 0.6) is 0 Å². The molecule has 0 amide bonds. The summed E-state index contributed by atoms with van der Waals surface area (Å²) < 4.78 is 14.7. The molecule has 1 unspecified atom stereocenters. The van der Waals surface area contributed by atoms with Crippen molar-refractivity contribution in [2.75, 3.05) is 0 Å². The van der Waals surface area contributed by atoms with Crippen molar-refractivity contribution < 1.29 is 4.39 Å². The smallest absolute Gasteiger partial charge is 0.129 e. The van der Waals surface area contributed by atoms with Crippen LogP contribution in [0.15, 0.2) is 22.7 Å². The summed E-state index contributed by atoms with van der Waals surface area (Å²) in [6, 6.07) is 4.71. The first kappa shape index (κ1) is 15.5. The summed E-state index contributed by atoms with van der Waals surface area (Å²) >= 11 is 11.0. The molecule has 0 bridgehead atoms. The van der Waals surface area contributed by atoms with Gasteiger partial charge < -0.3 is 5.73 Å². The molecule has 0 spiro atoms. The lowest BCUT2D eigenvalue weighted by Gasteiger charge is -2.12. The van der Waals surface area contributed by atoms with Gasteiger partial charge in [-0.15, -0.1) is 11.3 Å². The van der Waals surface area contributed by atoms with Crippen molar-refractivity contribution in [1.29, 1.82) is 0 Å². The maximum atomic E-state index is 14.2. The van der Waals surface area contributed by atoms with Gasteiger partial charge in [0.05, 0.1) is 11.1 Å². The SMILES string of the molecule is NC(c1cc2c(s1)CCCCC2)c1cc(Cl)c(Br)cc1F. The number of hydrogen-bond donors (Lipinski definition) is 1. The van der Waals surface area contributed by atoms with E-state index < -0.39 is 6.04 Å². The first-order chi connectivity index (χ1) is 10.1. The minimum absolute atomic E-state index is 0.317. The summed E-state index contributed by atoms with van der Waals surface area (Å²) in [5.74, 6) is -0.317. The highest BCUT2D eigenvalue weighted by Crippen LogP contribution is 2.36. The molecule has 1 nitrogen and oxygen atoms in total. The lowest BCUT2D eigenvalue weighted by molar-refractivity contribution is 0.600. The van der Waals surface area contributed by atoms with E-state index in [1.54, 1.807) is 17.4 Å². The fraction of sp³-hybridized carbons (Fsp3) is 0.375. The van der Waals surface area contributed by atoms with E-state index in [0.29, 0.717) is 15.1 Å². The van der Waals surface area contributed by atoms with E-state index in [0.717, 1.165) is 17.7 Å². The third kappa shape index (κ3) is 3.19. The van der Waals surface area contributed by atoms with Gasteiger partial charge in [0.25, 0.3) is 0 Å². The summed E-state index contributed by atoms with van der Waals surface area (Å²) in [5, 5.41) is 0.486. The molecular formula is C16H16BrClFNS. The number of nitrogens with two attached hydrogens (primary N) is 1. The van der Waals surface area contributed by atoms with Crippen molar-refractivity contribution in [2.24, 2.45) is 5.73 Å². The van der Waals surface area contributed by atoms with Gasteiger partial charge in [0.1, 0.15) is 5.82 Å². The number of halogens is 3. The molecule has 1 aromatic carbocycles. The maximum Gasteiger partial charge on any atom is 0.129 e. The predicted octanol–water partition coefficient (Wildman–Crippen LogP) is 5.62. The third-order valence-electron chi connectivity index (χ3n) is 3.95. The Kier molecular flexibility index (Phi) is 4.69. The van der Waals surface area contributed by atoms with E-state index >= 15 is 0 Å². The Hall–Kier alpha value is -0.420. The van der Waals surface area contributed by atoms with Crippen LogP contribution in [-0.4, -0.2) is 0 Å². The van der Waals surface area contributed by atoms with Crippen LogP contribution < -0.4 is 5.73 Å². The highest BCUT2D eigenvalue weighted by atomic mass is 79.9. The van der Waals surface area contributed by atoms with Gasteiger partial charge in [0.2, 0.25) is 0 Å². The zero-order valence-electron chi connectivity index (χ0n) is 11.5. The molecular weight excluding hydrogens is 373 g/mol. The Morgan fingerprint density at radius 1 is 1.19 bits per heavy atom. The number of hydrogen-bond acceptors (Lipinski definition) is 2. The molecule has 2 aromatic rings. The molecule has 0 aliphatic heterocycles. The van der Waals surface area contributed by atoms with E-state index in [1.807, 2.05) is 0 Å². The van der Waals surface area contributed by atoms with Gasteiger partial charge in [-0.05, 0) is 65.4 Å². The van der Waals surface area contributed by atoms with E-state index in [9.17, 15) is 4.39 Å². The Labute approximate surface area is 141 Å². The molecule has 1 atom stereocenters. The van der Waals surface area contributed by atoms with E-state index in [4.69, 9.17) is 17.3 Å². The maximum absolute atomic E-state index is 14.2. The quantitative estimate of drug-likeness (QED) is 0.524. The van der Waals surface area contributed by atoms with Gasteiger partial charge in [0, 0.05) is 19.8 Å². The summed E-state index contributed by atoms with van der Waals surface area (Å²) in [6.07, 6.45) is 6.00. The van der Waals surface area contributed by atoms with E-state index in [2.05, 4.69) is 22.0 Å². The van der Waals surface area contributed by atoms with Crippen LogP contribution in [0.1, 0.15) is 46.2 Å². The standard InChI is InChI=1S/C16H16BrClFNS/c17-11-8-13(19)10(7-12(11)18)16(20)15-6-9-4-2-1-3-5-14(9)21-15/h6-8,16H,1-5,20H2. The van der Waals surface area contributed by atoms with Gasteiger partial charge in [-0.25, -0.2) is 4.39 Å². The third-order valence-corrected chi connectivity index (χ3v) is 6.46. The zero-order chi connectivity index (χ0) is 15.0. The molecule has 0 saturated heterocycles.